The molecular weight excluding hydrogens is 721 g/mol. The molecule has 0 aliphatic heterocycles. The zero-order valence-electron chi connectivity index (χ0n) is 35.3. The van der Waals surface area contributed by atoms with Gasteiger partial charge in [0.05, 0.1) is 13.2 Å². The van der Waals surface area contributed by atoms with Crippen LogP contribution < -0.4 is 5.73 Å². The van der Waals surface area contributed by atoms with Crippen LogP contribution >= 0.6 is 7.82 Å². The Labute approximate surface area is 335 Å². The van der Waals surface area contributed by atoms with E-state index in [1.54, 1.807) is 0 Å². The van der Waals surface area contributed by atoms with Crippen LogP contribution in [0.4, 0.5) is 0 Å². The van der Waals surface area contributed by atoms with E-state index in [0.717, 1.165) is 38.5 Å². The average molecular weight is 806 g/mol. The van der Waals surface area contributed by atoms with Gasteiger partial charge in [0, 0.05) is 12.8 Å². The first-order valence-corrected chi connectivity index (χ1v) is 24.1. The van der Waals surface area contributed by atoms with Gasteiger partial charge in [-0.3, -0.25) is 23.4 Å². The van der Waals surface area contributed by atoms with E-state index < -0.39 is 51.1 Å². The van der Waals surface area contributed by atoms with Crippen LogP contribution in [0.3, 0.4) is 0 Å². The number of phosphoric ester groups is 1. The van der Waals surface area contributed by atoms with Gasteiger partial charge in [-0.15, -0.1) is 0 Å². The lowest BCUT2D eigenvalue weighted by Crippen LogP contribution is -2.34. The fourth-order valence-corrected chi connectivity index (χ4v) is 7.32. The number of carboxylic acids is 1. The molecule has 0 bridgehead atoms. The number of phosphoric acid groups is 1. The number of unbranched alkanes of at least 4 members (excludes halogenated alkanes) is 29. The van der Waals surface area contributed by atoms with Crippen molar-refractivity contribution < 1.29 is 47.5 Å². The van der Waals surface area contributed by atoms with Gasteiger partial charge in [0.2, 0.25) is 0 Å². The van der Waals surface area contributed by atoms with Crippen molar-refractivity contribution in [3.63, 3.8) is 0 Å². The van der Waals surface area contributed by atoms with Gasteiger partial charge >= 0.3 is 25.7 Å². The summed E-state index contributed by atoms with van der Waals surface area (Å²) in [7, 11) is -4.71. The molecule has 0 rings (SSSR count). The summed E-state index contributed by atoms with van der Waals surface area (Å²) in [4.78, 5) is 45.9. The lowest BCUT2D eigenvalue weighted by Gasteiger charge is -2.20. The van der Waals surface area contributed by atoms with E-state index in [0.29, 0.717) is 12.8 Å². The Balaban J connectivity index is 4.26. The van der Waals surface area contributed by atoms with Crippen LogP contribution in [0.25, 0.3) is 0 Å². The lowest BCUT2D eigenvalue weighted by atomic mass is 10.0. The van der Waals surface area contributed by atoms with E-state index in [1.807, 2.05) is 0 Å². The van der Waals surface area contributed by atoms with Crippen molar-refractivity contribution in [2.45, 2.75) is 238 Å². The van der Waals surface area contributed by atoms with Crippen LogP contribution in [0.1, 0.15) is 226 Å². The van der Waals surface area contributed by atoms with Crippen LogP contribution in [0, 0.1) is 0 Å². The first-order chi connectivity index (χ1) is 26.6. The second-order valence-corrected chi connectivity index (χ2v) is 17.0. The van der Waals surface area contributed by atoms with Crippen LogP contribution in [0.15, 0.2) is 0 Å². The van der Waals surface area contributed by atoms with E-state index >= 15 is 0 Å². The molecule has 0 aliphatic rings. The summed E-state index contributed by atoms with van der Waals surface area (Å²) >= 11 is 0. The van der Waals surface area contributed by atoms with Crippen LogP contribution in [-0.2, 0) is 37.5 Å². The Bertz CT molecular complexity index is 952. The van der Waals surface area contributed by atoms with Gasteiger partial charge in [0.15, 0.2) is 6.10 Å². The standard InChI is InChI=1S/C43H84NO10P/c1-3-5-7-9-11-13-15-17-18-19-20-21-23-24-26-28-30-32-34-41(45)51-36-39(37-52-55(49,50)53-38-40(44)43(47)48)54-42(46)35-33-31-29-27-25-22-16-14-12-10-8-6-4-2/h39-40H,3-38,44H2,1-2H3,(H,47,48)(H,49,50)/t39-,40+/m1/s1. The Hall–Kier alpha value is -1.52. The van der Waals surface area contributed by atoms with Gasteiger partial charge in [0.25, 0.3) is 0 Å². The molecule has 0 saturated carbocycles. The Morgan fingerprint density at radius 1 is 0.491 bits per heavy atom. The van der Waals surface area contributed by atoms with Gasteiger partial charge in [-0.1, -0.05) is 200 Å². The number of aliphatic carboxylic acids is 1. The molecular formula is C43H84NO10P. The van der Waals surface area contributed by atoms with Crippen molar-refractivity contribution in [2.24, 2.45) is 5.73 Å². The molecule has 1 unspecified atom stereocenters. The summed E-state index contributed by atoms with van der Waals surface area (Å²) in [6, 6.07) is -1.52. The molecule has 0 saturated heterocycles. The molecule has 0 aromatic rings. The maximum atomic E-state index is 12.6. The average Bonchev–Trinajstić information content (AvgIpc) is 3.16. The Kier molecular flexibility index (Phi) is 38.2. The highest BCUT2D eigenvalue weighted by atomic mass is 31.2. The first kappa shape index (κ1) is 53.5. The zero-order valence-corrected chi connectivity index (χ0v) is 36.2. The topological polar surface area (TPSA) is 172 Å². The molecule has 3 atom stereocenters. The van der Waals surface area contributed by atoms with Gasteiger partial charge in [-0.25, -0.2) is 4.57 Å². The number of rotatable bonds is 43. The minimum absolute atomic E-state index is 0.169. The molecule has 12 heteroatoms. The molecule has 11 nitrogen and oxygen atoms in total. The minimum atomic E-state index is -4.71. The quantitative estimate of drug-likeness (QED) is 0.0304. The summed E-state index contributed by atoms with van der Waals surface area (Å²) < 4.78 is 32.7. The fraction of sp³-hybridized carbons (Fsp3) is 0.930. The van der Waals surface area contributed by atoms with E-state index in [2.05, 4.69) is 18.4 Å². The van der Waals surface area contributed by atoms with Crippen LogP contribution in [0.2, 0.25) is 0 Å². The van der Waals surface area contributed by atoms with Crippen molar-refractivity contribution in [1.82, 2.24) is 0 Å². The number of ether oxygens (including phenoxy) is 2. The summed E-state index contributed by atoms with van der Waals surface area (Å²) in [6.07, 6.45) is 37.3. The summed E-state index contributed by atoms with van der Waals surface area (Å²) in [6.45, 7) is 2.84. The number of nitrogens with two attached hydrogens (primary N) is 1. The summed E-state index contributed by atoms with van der Waals surface area (Å²) in [5.41, 5.74) is 5.33. The second-order valence-electron chi connectivity index (χ2n) is 15.6. The minimum Gasteiger partial charge on any atom is -0.480 e. The molecule has 0 fully saturated rings. The molecule has 55 heavy (non-hydrogen) atoms. The maximum Gasteiger partial charge on any atom is 0.472 e. The molecule has 326 valence electrons. The largest absolute Gasteiger partial charge is 0.480 e. The molecule has 0 heterocycles. The first-order valence-electron chi connectivity index (χ1n) is 22.6. The third-order valence-corrected chi connectivity index (χ3v) is 11.1. The molecule has 4 N–H and O–H groups in total. The number of carboxylic acid groups (broad SMARTS) is 1. The van der Waals surface area contributed by atoms with Gasteiger partial charge in [0.1, 0.15) is 12.6 Å². The monoisotopic (exact) mass is 806 g/mol. The molecule has 0 aromatic heterocycles. The van der Waals surface area contributed by atoms with Crippen molar-refractivity contribution >= 4 is 25.7 Å². The highest BCUT2D eigenvalue weighted by Gasteiger charge is 2.28. The smallest absolute Gasteiger partial charge is 0.472 e. The molecule has 0 radical (unpaired) electrons. The van der Waals surface area contributed by atoms with Crippen LogP contribution in [-0.4, -0.2) is 59.9 Å². The highest BCUT2D eigenvalue weighted by molar-refractivity contribution is 7.47. The van der Waals surface area contributed by atoms with E-state index in [-0.39, 0.29) is 19.4 Å². The van der Waals surface area contributed by atoms with Crippen molar-refractivity contribution in [3.05, 3.63) is 0 Å². The predicted molar refractivity (Wildman–Crippen MR) is 222 cm³/mol. The number of carbonyl (C=O) groups is 3. The summed E-state index contributed by atoms with van der Waals surface area (Å²) in [5, 5.41) is 8.88. The third kappa shape index (κ3) is 39.1. The van der Waals surface area contributed by atoms with E-state index in [1.165, 1.54) is 148 Å². The molecule has 0 aromatic carbocycles. The normalized spacial score (nSPS) is 13.7. The van der Waals surface area contributed by atoms with E-state index in [4.69, 9.17) is 24.8 Å². The number of hydrogen-bond donors (Lipinski definition) is 3. The van der Waals surface area contributed by atoms with Crippen molar-refractivity contribution in [2.75, 3.05) is 19.8 Å². The summed E-state index contributed by atoms with van der Waals surface area (Å²) in [5.74, 6) is -2.36. The lowest BCUT2D eigenvalue weighted by molar-refractivity contribution is -0.161. The number of esters is 2. The number of carbonyl (C=O) groups excluding carboxylic acids is 2. The second kappa shape index (κ2) is 39.3. The third-order valence-electron chi connectivity index (χ3n) is 10.1. The molecule has 0 aliphatic carbocycles. The highest BCUT2D eigenvalue weighted by Crippen LogP contribution is 2.43. The SMILES string of the molecule is CCCCCCCCCCCCCCCCCCCCC(=O)OC[C@H](COP(=O)(O)OC[C@H](N)C(=O)O)OC(=O)CCCCCCCCCCCCCCC. The van der Waals surface area contributed by atoms with E-state index in [9.17, 15) is 23.8 Å². The van der Waals surface area contributed by atoms with Crippen molar-refractivity contribution in [1.29, 1.82) is 0 Å². The molecule has 0 amide bonds. The zero-order chi connectivity index (χ0) is 40.7. The number of hydrogen-bond acceptors (Lipinski definition) is 9. The van der Waals surface area contributed by atoms with Gasteiger partial charge in [-0.2, -0.15) is 0 Å². The maximum absolute atomic E-state index is 12.6. The molecule has 0 spiro atoms. The van der Waals surface area contributed by atoms with Crippen molar-refractivity contribution in [3.8, 4) is 0 Å². The van der Waals surface area contributed by atoms with Gasteiger partial charge in [-0.05, 0) is 12.8 Å². The Morgan fingerprint density at radius 2 is 0.800 bits per heavy atom. The van der Waals surface area contributed by atoms with Gasteiger partial charge < -0.3 is 25.2 Å². The fourth-order valence-electron chi connectivity index (χ4n) is 6.54. The Morgan fingerprint density at radius 3 is 1.15 bits per heavy atom. The predicted octanol–water partition coefficient (Wildman–Crippen LogP) is 11.9. The van der Waals surface area contributed by atoms with Crippen LogP contribution in [0.5, 0.6) is 0 Å².